The van der Waals surface area contributed by atoms with E-state index < -0.39 is 23.4 Å². The van der Waals surface area contributed by atoms with Crippen molar-refractivity contribution < 1.29 is 32.2 Å². The van der Waals surface area contributed by atoms with Crippen LogP contribution in [0.25, 0.3) is 22.4 Å². The molecule has 1 amide bonds. The number of imidazole rings is 1. The highest BCUT2D eigenvalue weighted by molar-refractivity contribution is 5.90. The van der Waals surface area contributed by atoms with Crippen molar-refractivity contribution in [3.63, 3.8) is 0 Å². The van der Waals surface area contributed by atoms with Crippen LogP contribution in [0.15, 0.2) is 60.8 Å². The number of carbonyl (C=O) groups is 2. The van der Waals surface area contributed by atoms with Gasteiger partial charge in [-0.25, -0.2) is 14.8 Å². The first-order valence-corrected chi connectivity index (χ1v) is 13.7. The van der Waals surface area contributed by atoms with Crippen LogP contribution in [0.3, 0.4) is 0 Å². The Hall–Kier alpha value is -4.61. The Morgan fingerprint density at radius 1 is 1.10 bits per heavy atom. The number of fused-ring (bicyclic) bond motifs is 1. The number of H-pyrrole nitrogens is 1. The Balaban J connectivity index is 1.08. The zero-order valence-electron chi connectivity index (χ0n) is 22.8. The third-order valence-corrected chi connectivity index (χ3v) is 7.70. The maximum atomic E-state index is 13.1. The van der Waals surface area contributed by atoms with Gasteiger partial charge in [0.1, 0.15) is 17.2 Å². The topological polar surface area (TPSA) is 101 Å². The molecule has 42 heavy (non-hydrogen) atoms. The number of ether oxygens (including phenoxy) is 2. The Kier molecular flexibility index (Phi) is 6.99. The first kappa shape index (κ1) is 27.6. The quantitative estimate of drug-likeness (QED) is 0.291. The van der Waals surface area contributed by atoms with Crippen molar-refractivity contribution in [1.29, 1.82) is 0 Å². The fraction of sp³-hybridized carbons (Fsp3) is 0.333. The van der Waals surface area contributed by atoms with E-state index in [0.717, 1.165) is 23.5 Å². The van der Waals surface area contributed by atoms with Gasteiger partial charge in [0.15, 0.2) is 0 Å². The van der Waals surface area contributed by atoms with Gasteiger partial charge in [0.2, 0.25) is 0 Å². The molecule has 9 nitrogen and oxygen atoms in total. The van der Waals surface area contributed by atoms with E-state index in [0.29, 0.717) is 67.2 Å². The lowest BCUT2D eigenvalue weighted by Gasteiger charge is -2.38. The van der Waals surface area contributed by atoms with E-state index in [4.69, 9.17) is 9.47 Å². The molecule has 1 N–H and O–H groups in total. The second-order valence-electron chi connectivity index (χ2n) is 10.5. The zero-order valence-corrected chi connectivity index (χ0v) is 22.8. The van der Waals surface area contributed by atoms with E-state index in [9.17, 15) is 22.8 Å². The molecule has 0 bridgehead atoms. The van der Waals surface area contributed by atoms with Gasteiger partial charge in [0, 0.05) is 43.4 Å². The van der Waals surface area contributed by atoms with Gasteiger partial charge in [0.25, 0.3) is 0 Å². The molecule has 4 heterocycles. The van der Waals surface area contributed by atoms with E-state index in [1.807, 2.05) is 36.4 Å². The predicted molar refractivity (Wildman–Crippen MR) is 149 cm³/mol. The number of nitrogens with zero attached hydrogens (tertiary/aromatic N) is 4. The highest BCUT2D eigenvalue weighted by Crippen LogP contribution is 2.37. The summed E-state index contributed by atoms with van der Waals surface area (Å²) in [7, 11) is 0. The second kappa shape index (κ2) is 10.7. The summed E-state index contributed by atoms with van der Waals surface area (Å²) in [4.78, 5) is 40.2. The van der Waals surface area contributed by atoms with Crippen molar-refractivity contribution in [3.05, 3.63) is 71.9 Å². The Bertz CT molecular complexity index is 1610. The van der Waals surface area contributed by atoms with Crippen molar-refractivity contribution >= 4 is 34.6 Å². The summed E-state index contributed by atoms with van der Waals surface area (Å²) in [6.45, 7) is 3.80. The number of alkyl halides is 3. The van der Waals surface area contributed by atoms with E-state index in [1.54, 1.807) is 18.0 Å². The van der Waals surface area contributed by atoms with Gasteiger partial charge < -0.3 is 19.4 Å². The molecule has 2 saturated heterocycles. The van der Waals surface area contributed by atoms with Gasteiger partial charge >= 0.3 is 18.2 Å². The lowest BCUT2D eigenvalue weighted by atomic mass is 9.91. The van der Waals surface area contributed by atoms with Crippen molar-refractivity contribution in [1.82, 2.24) is 15.0 Å². The molecule has 0 aliphatic carbocycles. The smallest absolute Gasteiger partial charge is 0.416 e. The van der Waals surface area contributed by atoms with Crippen LogP contribution in [-0.4, -0.2) is 58.9 Å². The van der Waals surface area contributed by atoms with Gasteiger partial charge in [-0.1, -0.05) is 12.1 Å². The van der Waals surface area contributed by atoms with Crippen LogP contribution in [0.2, 0.25) is 0 Å². The molecule has 2 aromatic heterocycles. The molecule has 2 aromatic carbocycles. The monoisotopic (exact) mass is 579 g/mol. The van der Waals surface area contributed by atoms with Crippen LogP contribution < -0.4 is 9.80 Å². The van der Waals surface area contributed by atoms with E-state index in [-0.39, 0.29) is 12.4 Å². The van der Waals surface area contributed by atoms with Gasteiger partial charge in [0.05, 0.1) is 36.2 Å². The van der Waals surface area contributed by atoms with Gasteiger partial charge in [-0.3, -0.25) is 9.69 Å². The van der Waals surface area contributed by atoms with Gasteiger partial charge in [-0.15, -0.1) is 0 Å². The van der Waals surface area contributed by atoms with Crippen LogP contribution >= 0.6 is 0 Å². The minimum Gasteiger partial charge on any atom is -0.466 e. The lowest BCUT2D eigenvalue weighted by Crippen LogP contribution is -2.47. The number of aromatic nitrogens is 3. The van der Waals surface area contributed by atoms with Crippen LogP contribution in [-0.2, 0) is 26.9 Å². The molecule has 0 atom stereocenters. The highest BCUT2D eigenvalue weighted by Gasteiger charge is 2.47. The number of pyridine rings is 1. The average Bonchev–Trinajstić information content (AvgIpc) is 3.54. The fourth-order valence-corrected chi connectivity index (χ4v) is 5.43. The van der Waals surface area contributed by atoms with Crippen molar-refractivity contribution in [2.45, 2.75) is 38.0 Å². The van der Waals surface area contributed by atoms with Crippen LogP contribution in [0.1, 0.15) is 30.9 Å². The maximum absolute atomic E-state index is 13.1. The number of benzene rings is 2. The zero-order chi connectivity index (χ0) is 29.5. The third kappa shape index (κ3) is 5.48. The summed E-state index contributed by atoms with van der Waals surface area (Å²) in [5.74, 6) is 0.897. The normalized spacial score (nSPS) is 16.7. The van der Waals surface area contributed by atoms with Crippen LogP contribution in [0, 0.1) is 0 Å². The molecule has 2 aliphatic heterocycles. The van der Waals surface area contributed by atoms with Crippen LogP contribution in [0.5, 0.6) is 0 Å². The Labute approximate surface area is 239 Å². The third-order valence-electron chi connectivity index (χ3n) is 7.70. The number of piperidine rings is 1. The molecular weight excluding hydrogens is 551 g/mol. The first-order valence-electron chi connectivity index (χ1n) is 13.7. The number of halogens is 3. The number of esters is 1. The highest BCUT2D eigenvalue weighted by atomic mass is 19.4. The summed E-state index contributed by atoms with van der Waals surface area (Å²) >= 11 is 0. The van der Waals surface area contributed by atoms with Gasteiger partial charge in [-0.2, -0.15) is 13.2 Å². The minimum absolute atomic E-state index is 0.175. The molecule has 6 rings (SSSR count). The van der Waals surface area contributed by atoms with Gasteiger partial charge in [-0.05, 0) is 55.0 Å². The maximum Gasteiger partial charge on any atom is 0.416 e. The van der Waals surface area contributed by atoms with E-state index in [2.05, 4.69) is 19.9 Å². The number of aromatic amines is 1. The SMILES string of the molecule is CCOC(=O)Cc1ccc(N2CC3(CCN(c4ccc(-c5nc6ccc(C(F)(F)F)cc6[nH]5)cn4)CC3)OC2=O)cc1. The van der Waals surface area contributed by atoms with E-state index in [1.165, 1.54) is 6.07 Å². The predicted octanol–water partition coefficient (Wildman–Crippen LogP) is 5.75. The number of anilines is 2. The van der Waals surface area contributed by atoms with Crippen molar-refractivity contribution in [2.75, 3.05) is 36.0 Å². The molecule has 2 fully saturated rings. The Morgan fingerprint density at radius 3 is 2.52 bits per heavy atom. The molecule has 218 valence electrons. The number of nitrogens with one attached hydrogen (secondary N) is 1. The summed E-state index contributed by atoms with van der Waals surface area (Å²) in [5, 5.41) is 0. The summed E-state index contributed by atoms with van der Waals surface area (Å²) in [6.07, 6.45) is -1.74. The molecule has 2 aliphatic rings. The molecule has 0 radical (unpaired) electrons. The van der Waals surface area contributed by atoms with Crippen LogP contribution in [0.4, 0.5) is 29.5 Å². The standard InChI is InChI=1S/C30H28F3N5O4/c1-2-41-26(39)15-19-3-7-22(8-4-19)38-18-29(42-28(38)40)11-13-37(14-12-29)25-10-5-20(17-34-25)27-35-23-9-6-21(30(31,32)33)16-24(23)36-27/h3-10,16-17H,2,11-15,18H2,1H3,(H,35,36). The Morgan fingerprint density at radius 2 is 1.86 bits per heavy atom. The number of hydrogen-bond donors (Lipinski definition) is 1. The summed E-state index contributed by atoms with van der Waals surface area (Å²) in [5.41, 5.74) is 1.59. The lowest BCUT2D eigenvalue weighted by molar-refractivity contribution is -0.142. The number of hydrogen-bond acceptors (Lipinski definition) is 7. The first-order chi connectivity index (χ1) is 20.1. The molecular formula is C30H28F3N5O4. The van der Waals surface area contributed by atoms with Crippen molar-refractivity contribution in [2.24, 2.45) is 0 Å². The minimum atomic E-state index is -4.43. The fourth-order valence-electron chi connectivity index (χ4n) is 5.43. The average molecular weight is 580 g/mol. The number of carbonyl (C=O) groups excluding carboxylic acids is 2. The largest absolute Gasteiger partial charge is 0.466 e. The second-order valence-corrected chi connectivity index (χ2v) is 10.5. The molecule has 0 unspecified atom stereocenters. The molecule has 12 heteroatoms. The molecule has 1 spiro atoms. The number of amides is 1. The van der Waals surface area contributed by atoms with Crippen molar-refractivity contribution in [3.8, 4) is 11.4 Å². The van der Waals surface area contributed by atoms with E-state index >= 15 is 0 Å². The molecule has 4 aromatic rings. The summed E-state index contributed by atoms with van der Waals surface area (Å²) < 4.78 is 50.1. The number of rotatable bonds is 6. The molecule has 0 saturated carbocycles. The summed E-state index contributed by atoms with van der Waals surface area (Å²) in [6, 6.07) is 14.4.